The molecule has 2 atom stereocenters. The maximum Gasteiger partial charge on any atom is 0.335 e. The van der Waals surface area contributed by atoms with E-state index in [1.54, 1.807) is 6.92 Å². The molecule has 0 spiro atoms. The molecule has 0 aromatic carbocycles. The van der Waals surface area contributed by atoms with Crippen molar-refractivity contribution in [1.29, 1.82) is 0 Å². The molecule has 0 aromatic rings. The summed E-state index contributed by atoms with van der Waals surface area (Å²) in [5.74, 6) is -0.791. The number of allylic oxidation sites excluding steroid dienone is 5. The summed E-state index contributed by atoms with van der Waals surface area (Å²) in [5.41, 5.74) is 3.88. The van der Waals surface area contributed by atoms with E-state index in [9.17, 15) is 18.9 Å². The molecule has 2 unspecified atom stereocenters. The van der Waals surface area contributed by atoms with E-state index in [-0.39, 0.29) is 19.1 Å². The van der Waals surface area contributed by atoms with Gasteiger partial charge in [0, 0.05) is 4.43 Å². The highest BCUT2D eigenvalue weighted by atomic mass is 127. The fourth-order valence-corrected chi connectivity index (χ4v) is 6.95. The van der Waals surface area contributed by atoms with E-state index in [0.717, 1.165) is 31.3 Å². The average molecular weight is 562 g/mol. The molecular formula is C20H37IO6P2. The lowest BCUT2D eigenvalue weighted by Crippen LogP contribution is -2.13. The van der Waals surface area contributed by atoms with Gasteiger partial charge in [0.15, 0.2) is 0 Å². The first kappa shape index (κ1) is 29.2. The molecule has 0 bridgehead atoms. The summed E-state index contributed by atoms with van der Waals surface area (Å²) in [6.45, 7) is 10.3. The minimum atomic E-state index is -4.46. The second-order valence-electron chi connectivity index (χ2n) is 7.65. The topological polar surface area (TPSA) is 93.1 Å². The van der Waals surface area contributed by atoms with E-state index in [1.165, 1.54) is 11.1 Å². The van der Waals surface area contributed by atoms with Gasteiger partial charge in [-0.3, -0.25) is 9.13 Å². The van der Waals surface area contributed by atoms with Crippen LogP contribution < -0.4 is 0 Å². The number of hydrogen-bond donors (Lipinski definition) is 2. The van der Waals surface area contributed by atoms with Crippen molar-refractivity contribution in [3.05, 3.63) is 34.9 Å². The van der Waals surface area contributed by atoms with Crippen LogP contribution in [0.3, 0.4) is 0 Å². The predicted octanol–water partition coefficient (Wildman–Crippen LogP) is 6.63. The van der Waals surface area contributed by atoms with Crippen molar-refractivity contribution in [3.63, 3.8) is 0 Å². The number of alkyl halides is 1. The Balaban J connectivity index is 4.47. The fourth-order valence-electron chi connectivity index (χ4n) is 2.47. The second-order valence-corrected chi connectivity index (χ2v) is 13.1. The van der Waals surface area contributed by atoms with Crippen LogP contribution in [0, 0.1) is 0 Å². The van der Waals surface area contributed by atoms with Gasteiger partial charge in [0.25, 0.3) is 0 Å². The van der Waals surface area contributed by atoms with Crippen LogP contribution in [0.2, 0.25) is 0 Å². The van der Waals surface area contributed by atoms with Crippen LogP contribution in [-0.4, -0.2) is 39.2 Å². The van der Waals surface area contributed by atoms with Gasteiger partial charge in [0.2, 0.25) is 7.37 Å². The minimum Gasteiger partial charge on any atom is -0.367 e. The summed E-state index contributed by atoms with van der Waals surface area (Å²) >= 11 is 2.07. The molecule has 0 saturated heterocycles. The van der Waals surface area contributed by atoms with Gasteiger partial charge in [0.1, 0.15) is 12.3 Å². The lowest BCUT2D eigenvalue weighted by molar-refractivity contribution is 0.176. The van der Waals surface area contributed by atoms with Crippen molar-refractivity contribution < 1.29 is 28.2 Å². The zero-order chi connectivity index (χ0) is 22.5. The van der Waals surface area contributed by atoms with Crippen molar-refractivity contribution in [2.45, 2.75) is 66.4 Å². The van der Waals surface area contributed by atoms with E-state index >= 15 is 0 Å². The summed E-state index contributed by atoms with van der Waals surface area (Å²) in [5, 5.41) is 0. The van der Waals surface area contributed by atoms with Crippen LogP contribution in [0.15, 0.2) is 34.9 Å². The lowest BCUT2D eigenvalue weighted by atomic mass is 10.1. The van der Waals surface area contributed by atoms with Crippen molar-refractivity contribution in [3.8, 4) is 0 Å². The molecule has 0 radical (unpaired) electrons. The highest BCUT2D eigenvalue weighted by molar-refractivity contribution is 14.1. The Kier molecular flexibility index (Phi) is 15.2. The van der Waals surface area contributed by atoms with E-state index in [4.69, 9.17) is 9.26 Å². The lowest BCUT2D eigenvalue weighted by Gasteiger charge is -2.22. The molecule has 2 N–H and O–H groups in total. The first-order valence-corrected chi connectivity index (χ1v) is 15.1. The van der Waals surface area contributed by atoms with Crippen LogP contribution in [0.5, 0.6) is 0 Å². The Morgan fingerprint density at radius 1 is 1.00 bits per heavy atom. The van der Waals surface area contributed by atoms with Gasteiger partial charge in [-0.2, -0.15) is 0 Å². The average Bonchev–Trinajstić information content (AvgIpc) is 2.56. The molecule has 9 heteroatoms. The maximum atomic E-state index is 12.7. The van der Waals surface area contributed by atoms with E-state index < -0.39 is 20.9 Å². The van der Waals surface area contributed by atoms with Crippen LogP contribution in [-0.2, 0) is 18.4 Å². The quantitative estimate of drug-likeness (QED) is 0.0765. The van der Waals surface area contributed by atoms with E-state index in [1.807, 2.05) is 13.0 Å². The van der Waals surface area contributed by atoms with E-state index in [0.29, 0.717) is 4.43 Å². The first-order chi connectivity index (χ1) is 13.4. The third-order valence-electron chi connectivity index (χ3n) is 3.95. The third-order valence-corrected chi connectivity index (χ3v) is 9.71. The summed E-state index contributed by atoms with van der Waals surface area (Å²) < 4.78 is 35.4. The Bertz CT molecular complexity index is 662. The monoisotopic (exact) mass is 562 g/mol. The Labute approximate surface area is 190 Å². The van der Waals surface area contributed by atoms with Crippen molar-refractivity contribution >= 4 is 37.6 Å². The standard InChI is InChI=1S/C20H37IO6P2/c1-17(2)8-6-9-18(3)10-7-11-19(4)12-13-26-15-28(22,16-29(23,24)25)27-20(5)14-21/h8,10,12,20H,6-7,9,11,13-16H2,1-5H3,(H2,23,24,25). The summed E-state index contributed by atoms with van der Waals surface area (Å²) in [6, 6.07) is 0. The zero-order valence-corrected chi connectivity index (χ0v) is 22.2. The molecule has 0 aliphatic heterocycles. The van der Waals surface area contributed by atoms with Gasteiger partial charge < -0.3 is 19.0 Å². The number of ether oxygens (including phenoxy) is 1. The fraction of sp³-hybridized carbons (Fsp3) is 0.700. The maximum absolute atomic E-state index is 12.7. The van der Waals surface area contributed by atoms with Crippen LogP contribution in [0.1, 0.15) is 60.3 Å². The Morgan fingerprint density at radius 3 is 2.07 bits per heavy atom. The first-order valence-electron chi connectivity index (χ1n) is 9.76. The van der Waals surface area contributed by atoms with Crippen molar-refractivity contribution in [2.75, 3.05) is 23.3 Å². The highest BCUT2D eigenvalue weighted by Crippen LogP contribution is 2.58. The molecule has 0 amide bonds. The largest absolute Gasteiger partial charge is 0.367 e. The normalized spacial score (nSPS) is 16.4. The van der Waals surface area contributed by atoms with Crippen LogP contribution >= 0.6 is 37.6 Å². The van der Waals surface area contributed by atoms with Gasteiger partial charge in [-0.15, -0.1) is 0 Å². The molecule has 0 saturated carbocycles. The number of halogens is 1. The molecule has 0 fully saturated rings. The Morgan fingerprint density at radius 2 is 1.55 bits per heavy atom. The van der Waals surface area contributed by atoms with Gasteiger partial charge in [-0.1, -0.05) is 57.5 Å². The molecule has 0 aliphatic rings. The highest BCUT2D eigenvalue weighted by Gasteiger charge is 2.34. The molecule has 0 rings (SSSR count). The molecule has 0 aliphatic carbocycles. The van der Waals surface area contributed by atoms with Gasteiger partial charge in [-0.25, -0.2) is 0 Å². The zero-order valence-electron chi connectivity index (χ0n) is 18.3. The van der Waals surface area contributed by atoms with Crippen LogP contribution in [0.4, 0.5) is 0 Å². The van der Waals surface area contributed by atoms with Crippen molar-refractivity contribution in [2.24, 2.45) is 0 Å². The number of hydrogen-bond acceptors (Lipinski definition) is 4. The smallest absolute Gasteiger partial charge is 0.335 e. The summed E-state index contributed by atoms with van der Waals surface area (Å²) in [7, 11) is -8.02. The summed E-state index contributed by atoms with van der Waals surface area (Å²) in [6.07, 6.45) is 9.76. The molecule has 0 heterocycles. The number of rotatable bonds is 15. The van der Waals surface area contributed by atoms with Gasteiger partial charge in [0.05, 0.1) is 12.7 Å². The molecule has 0 aromatic heterocycles. The Hall–Kier alpha value is 0.250. The SMILES string of the molecule is CC(C)=CCCC(C)=CCCC(C)=CCOCP(=O)(CP(=O)(O)O)OC(C)CI. The third kappa shape index (κ3) is 17.6. The molecular weight excluding hydrogens is 525 g/mol. The molecule has 170 valence electrons. The van der Waals surface area contributed by atoms with Gasteiger partial charge in [-0.05, 0) is 60.3 Å². The molecule has 29 heavy (non-hydrogen) atoms. The van der Waals surface area contributed by atoms with Crippen molar-refractivity contribution in [1.82, 2.24) is 0 Å². The minimum absolute atomic E-state index is 0.238. The van der Waals surface area contributed by atoms with Gasteiger partial charge >= 0.3 is 7.60 Å². The summed E-state index contributed by atoms with van der Waals surface area (Å²) in [4.78, 5) is 18.4. The molecule has 6 nitrogen and oxygen atoms in total. The van der Waals surface area contributed by atoms with Crippen LogP contribution in [0.25, 0.3) is 0 Å². The van der Waals surface area contributed by atoms with E-state index in [2.05, 4.69) is 55.5 Å². The second kappa shape index (κ2) is 15.1. The predicted molar refractivity (Wildman–Crippen MR) is 130 cm³/mol.